The molecule has 3 rings (SSSR count). The number of aromatic hydroxyl groups is 1. The van der Waals surface area contributed by atoms with E-state index in [2.05, 4.69) is 4.90 Å². The third-order valence-corrected chi connectivity index (χ3v) is 5.39. The van der Waals surface area contributed by atoms with Crippen molar-refractivity contribution < 1.29 is 9.90 Å². The number of thiocarbonyl (C=S) groups is 1. The number of hydrogen-bond donors (Lipinski definition) is 1. The largest absolute Gasteiger partial charge is 0.508 e. The van der Waals surface area contributed by atoms with Crippen LogP contribution in [0.3, 0.4) is 0 Å². The van der Waals surface area contributed by atoms with E-state index in [-0.39, 0.29) is 16.9 Å². The monoisotopic (exact) mass is 322 g/mol. The second-order valence-electron chi connectivity index (χ2n) is 5.42. The predicted octanol–water partition coefficient (Wildman–Crippen LogP) is 2.61. The van der Waals surface area contributed by atoms with Crippen molar-refractivity contribution in [2.45, 2.75) is 24.5 Å². The van der Waals surface area contributed by atoms with E-state index in [9.17, 15) is 9.90 Å². The number of hydrogen-bond acceptors (Lipinski definition) is 5. The maximum absolute atomic E-state index is 12.6. The number of nitrogens with zero attached hydrogens (tertiary/aromatic N) is 2. The molecule has 1 atom stereocenters. The molecule has 0 aromatic heterocycles. The average Bonchev–Trinajstić information content (AvgIpc) is 2.76. The highest BCUT2D eigenvalue weighted by atomic mass is 32.2. The molecular formula is C15H18N2O2S2. The first-order chi connectivity index (χ1) is 10.1. The Balaban J connectivity index is 1.71. The lowest BCUT2D eigenvalue weighted by atomic mass is 10.1. The standard InChI is InChI=1S/C15H18N2O2S2/c18-12-6-4-11(5-7-12)17-14(19)13(21-15(17)20)10-16-8-2-1-3-9-16/h4-7,13,18H,1-3,8-10H2. The summed E-state index contributed by atoms with van der Waals surface area (Å²) in [7, 11) is 0. The van der Waals surface area contributed by atoms with Gasteiger partial charge in [-0.15, -0.1) is 0 Å². The zero-order valence-corrected chi connectivity index (χ0v) is 13.3. The van der Waals surface area contributed by atoms with Gasteiger partial charge in [0.15, 0.2) is 0 Å². The molecule has 21 heavy (non-hydrogen) atoms. The number of carbonyl (C=O) groups excluding carboxylic acids is 1. The summed E-state index contributed by atoms with van der Waals surface area (Å²) < 4.78 is 0.604. The Morgan fingerprint density at radius 3 is 2.52 bits per heavy atom. The van der Waals surface area contributed by atoms with Crippen molar-refractivity contribution in [3.05, 3.63) is 24.3 Å². The van der Waals surface area contributed by atoms with E-state index in [1.54, 1.807) is 29.2 Å². The Morgan fingerprint density at radius 1 is 1.19 bits per heavy atom. The van der Waals surface area contributed by atoms with Crippen molar-refractivity contribution >= 4 is 39.9 Å². The van der Waals surface area contributed by atoms with Gasteiger partial charge in [-0.25, -0.2) is 0 Å². The fourth-order valence-corrected chi connectivity index (χ4v) is 4.36. The lowest BCUT2D eigenvalue weighted by Crippen LogP contribution is -2.40. The number of rotatable bonds is 3. The quantitative estimate of drug-likeness (QED) is 0.867. The first kappa shape index (κ1) is 14.8. The number of likely N-dealkylation sites (tertiary alicyclic amines) is 1. The SMILES string of the molecule is O=C1C(CN2CCCCC2)SC(=S)N1c1ccc(O)cc1. The summed E-state index contributed by atoms with van der Waals surface area (Å²) in [6, 6.07) is 6.61. The Kier molecular flexibility index (Phi) is 4.47. The first-order valence-electron chi connectivity index (χ1n) is 7.21. The second-order valence-corrected chi connectivity index (χ2v) is 7.26. The molecule has 1 aromatic rings. The summed E-state index contributed by atoms with van der Waals surface area (Å²) >= 11 is 6.84. The van der Waals surface area contributed by atoms with E-state index in [0.717, 1.165) is 25.3 Å². The summed E-state index contributed by atoms with van der Waals surface area (Å²) in [6.07, 6.45) is 3.73. The van der Waals surface area contributed by atoms with E-state index >= 15 is 0 Å². The Hall–Kier alpha value is -1.11. The van der Waals surface area contributed by atoms with Crippen LogP contribution in [0.1, 0.15) is 19.3 Å². The minimum absolute atomic E-state index is 0.0567. The molecule has 6 heteroatoms. The fraction of sp³-hybridized carbons (Fsp3) is 0.467. The van der Waals surface area contributed by atoms with E-state index < -0.39 is 0 Å². The zero-order valence-electron chi connectivity index (χ0n) is 11.7. The van der Waals surface area contributed by atoms with Crippen LogP contribution in [0.4, 0.5) is 5.69 Å². The van der Waals surface area contributed by atoms with E-state index in [1.807, 2.05) is 0 Å². The number of amides is 1. The molecule has 2 aliphatic heterocycles. The van der Waals surface area contributed by atoms with Crippen LogP contribution in [0.2, 0.25) is 0 Å². The maximum Gasteiger partial charge on any atom is 0.247 e. The minimum atomic E-state index is -0.107. The molecule has 2 saturated heterocycles. The Morgan fingerprint density at radius 2 is 1.86 bits per heavy atom. The van der Waals surface area contributed by atoms with Gasteiger partial charge in [0.2, 0.25) is 5.91 Å². The molecule has 1 aromatic carbocycles. The van der Waals surface area contributed by atoms with Crippen molar-refractivity contribution in [2.24, 2.45) is 0 Å². The molecule has 0 bridgehead atoms. The lowest BCUT2D eigenvalue weighted by Gasteiger charge is -2.27. The molecule has 0 radical (unpaired) electrons. The molecule has 1 amide bonds. The Bertz CT molecular complexity index is 541. The summed E-state index contributed by atoms with van der Waals surface area (Å²) in [5.74, 6) is 0.245. The number of phenolic OH excluding ortho intramolecular Hbond substituents is 1. The number of anilines is 1. The highest BCUT2D eigenvalue weighted by molar-refractivity contribution is 8.25. The topological polar surface area (TPSA) is 43.8 Å². The molecule has 2 heterocycles. The van der Waals surface area contributed by atoms with Crippen LogP contribution in [-0.4, -0.2) is 45.1 Å². The number of carbonyl (C=O) groups is 1. The van der Waals surface area contributed by atoms with Gasteiger partial charge in [-0.2, -0.15) is 0 Å². The van der Waals surface area contributed by atoms with Gasteiger partial charge in [0.05, 0.1) is 5.69 Å². The van der Waals surface area contributed by atoms with Gasteiger partial charge in [-0.1, -0.05) is 30.4 Å². The van der Waals surface area contributed by atoms with Crippen LogP contribution in [-0.2, 0) is 4.79 Å². The number of phenols is 1. The van der Waals surface area contributed by atoms with Gasteiger partial charge in [0.25, 0.3) is 0 Å². The molecule has 2 aliphatic rings. The zero-order chi connectivity index (χ0) is 14.8. The van der Waals surface area contributed by atoms with Crippen molar-refractivity contribution in [3.63, 3.8) is 0 Å². The van der Waals surface area contributed by atoms with Gasteiger partial charge in [-0.05, 0) is 50.2 Å². The normalized spacial score (nSPS) is 23.8. The van der Waals surface area contributed by atoms with Crippen molar-refractivity contribution in [3.8, 4) is 5.75 Å². The van der Waals surface area contributed by atoms with E-state index in [0.29, 0.717) is 4.32 Å². The molecule has 112 valence electrons. The summed E-state index contributed by atoms with van der Waals surface area (Å²) in [5.41, 5.74) is 0.733. The third kappa shape index (κ3) is 3.22. The molecule has 0 spiro atoms. The van der Waals surface area contributed by atoms with Crippen LogP contribution in [0, 0.1) is 0 Å². The lowest BCUT2D eigenvalue weighted by molar-refractivity contribution is -0.117. The maximum atomic E-state index is 12.6. The van der Waals surface area contributed by atoms with Crippen molar-refractivity contribution in [2.75, 3.05) is 24.5 Å². The van der Waals surface area contributed by atoms with Gasteiger partial charge in [-0.3, -0.25) is 9.69 Å². The van der Waals surface area contributed by atoms with Gasteiger partial charge in [0, 0.05) is 6.54 Å². The second kappa shape index (κ2) is 6.34. The van der Waals surface area contributed by atoms with Gasteiger partial charge >= 0.3 is 0 Å². The van der Waals surface area contributed by atoms with Crippen molar-refractivity contribution in [1.29, 1.82) is 0 Å². The summed E-state index contributed by atoms with van der Waals surface area (Å²) in [6.45, 7) is 2.94. The van der Waals surface area contributed by atoms with Crippen LogP contribution >= 0.6 is 24.0 Å². The predicted molar refractivity (Wildman–Crippen MR) is 89.9 cm³/mol. The number of benzene rings is 1. The highest BCUT2D eigenvalue weighted by Gasteiger charge is 2.38. The van der Waals surface area contributed by atoms with Crippen LogP contribution in [0.15, 0.2) is 24.3 Å². The molecule has 1 N–H and O–H groups in total. The number of piperidine rings is 1. The molecular weight excluding hydrogens is 304 g/mol. The molecule has 1 unspecified atom stereocenters. The van der Waals surface area contributed by atoms with Crippen LogP contribution in [0.25, 0.3) is 0 Å². The molecule has 4 nitrogen and oxygen atoms in total. The Labute approximate surface area is 134 Å². The average molecular weight is 322 g/mol. The van der Waals surface area contributed by atoms with E-state index in [1.165, 1.54) is 31.0 Å². The number of thioether (sulfide) groups is 1. The smallest absolute Gasteiger partial charge is 0.247 e. The summed E-state index contributed by atoms with van der Waals surface area (Å²) in [5, 5.41) is 9.24. The van der Waals surface area contributed by atoms with Gasteiger partial charge in [0.1, 0.15) is 15.3 Å². The molecule has 2 fully saturated rings. The molecule has 0 aliphatic carbocycles. The van der Waals surface area contributed by atoms with Crippen molar-refractivity contribution in [1.82, 2.24) is 4.90 Å². The minimum Gasteiger partial charge on any atom is -0.508 e. The van der Waals surface area contributed by atoms with Crippen LogP contribution < -0.4 is 4.90 Å². The van der Waals surface area contributed by atoms with Gasteiger partial charge < -0.3 is 10.0 Å². The van der Waals surface area contributed by atoms with Crippen LogP contribution in [0.5, 0.6) is 5.75 Å². The summed E-state index contributed by atoms with van der Waals surface area (Å²) in [4.78, 5) is 16.6. The highest BCUT2D eigenvalue weighted by Crippen LogP contribution is 2.33. The first-order valence-corrected chi connectivity index (χ1v) is 8.50. The fourth-order valence-electron chi connectivity index (χ4n) is 2.78. The third-order valence-electron chi connectivity index (χ3n) is 3.90. The van der Waals surface area contributed by atoms with E-state index in [4.69, 9.17) is 12.2 Å². The molecule has 0 saturated carbocycles.